The summed E-state index contributed by atoms with van der Waals surface area (Å²) in [5.74, 6) is 1.21. The Hall–Kier alpha value is -3.28. The minimum Gasteiger partial charge on any atom is -0.497 e. The smallest absolute Gasteiger partial charge is 0.246 e. The fourth-order valence-corrected chi connectivity index (χ4v) is 3.35. The lowest BCUT2D eigenvalue weighted by Gasteiger charge is -2.30. The molecule has 2 aromatic carbocycles. The van der Waals surface area contributed by atoms with E-state index in [1.807, 2.05) is 42.5 Å². The van der Waals surface area contributed by atoms with Gasteiger partial charge in [-0.3, -0.25) is 9.59 Å². The van der Waals surface area contributed by atoms with Gasteiger partial charge in [0.05, 0.1) is 14.2 Å². The van der Waals surface area contributed by atoms with Crippen LogP contribution in [0.15, 0.2) is 54.6 Å². The van der Waals surface area contributed by atoms with E-state index >= 15 is 0 Å². The Morgan fingerprint density at radius 3 is 2.41 bits per heavy atom. The predicted octanol–water partition coefficient (Wildman–Crippen LogP) is 3.59. The second kappa shape index (κ2) is 9.78. The zero-order chi connectivity index (χ0) is 20.6. The Kier molecular flexibility index (Phi) is 6.89. The van der Waals surface area contributed by atoms with E-state index in [2.05, 4.69) is 5.32 Å². The third kappa shape index (κ3) is 5.38. The highest BCUT2D eigenvalue weighted by Crippen LogP contribution is 2.26. The van der Waals surface area contributed by atoms with Crippen LogP contribution in [0.5, 0.6) is 11.5 Å². The summed E-state index contributed by atoms with van der Waals surface area (Å²) < 4.78 is 10.5. The number of ether oxygens (including phenoxy) is 2. The summed E-state index contributed by atoms with van der Waals surface area (Å²) in [5, 5.41) is 2.94. The number of carbonyl (C=O) groups is 2. The van der Waals surface area contributed by atoms with E-state index in [0.717, 1.165) is 11.3 Å². The molecule has 1 fully saturated rings. The maximum absolute atomic E-state index is 12.5. The van der Waals surface area contributed by atoms with Crippen LogP contribution in [-0.4, -0.2) is 44.0 Å². The van der Waals surface area contributed by atoms with Crippen molar-refractivity contribution in [1.82, 2.24) is 4.90 Å². The van der Waals surface area contributed by atoms with Gasteiger partial charge in [0.1, 0.15) is 11.5 Å². The SMILES string of the molecule is COc1ccc(/C=C/C(=O)N2CCC(C(=O)Nc3ccccc3)CC2)c(OC)c1. The van der Waals surface area contributed by atoms with Crippen molar-refractivity contribution in [2.24, 2.45) is 5.92 Å². The molecule has 0 atom stereocenters. The number of nitrogens with one attached hydrogen (secondary N) is 1. The van der Waals surface area contributed by atoms with Gasteiger partial charge in [-0.05, 0) is 43.2 Å². The van der Waals surface area contributed by atoms with Gasteiger partial charge in [-0.25, -0.2) is 0 Å². The average molecular weight is 394 g/mol. The summed E-state index contributed by atoms with van der Waals surface area (Å²) in [4.78, 5) is 26.7. The van der Waals surface area contributed by atoms with Crippen LogP contribution in [0, 0.1) is 5.92 Å². The number of piperidine rings is 1. The van der Waals surface area contributed by atoms with E-state index in [0.29, 0.717) is 37.4 Å². The number of carbonyl (C=O) groups excluding carboxylic acids is 2. The molecule has 2 amide bonds. The van der Waals surface area contributed by atoms with Gasteiger partial charge in [0, 0.05) is 42.4 Å². The largest absolute Gasteiger partial charge is 0.497 e. The van der Waals surface area contributed by atoms with E-state index in [4.69, 9.17) is 9.47 Å². The Labute approximate surface area is 171 Å². The number of nitrogens with zero attached hydrogens (tertiary/aromatic N) is 1. The molecule has 2 aromatic rings. The molecule has 0 saturated carbocycles. The predicted molar refractivity (Wildman–Crippen MR) is 113 cm³/mol. The maximum Gasteiger partial charge on any atom is 0.246 e. The van der Waals surface area contributed by atoms with Crippen molar-refractivity contribution in [2.75, 3.05) is 32.6 Å². The Morgan fingerprint density at radius 1 is 1.03 bits per heavy atom. The van der Waals surface area contributed by atoms with Crippen LogP contribution >= 0.6 is 0 Å². The molecule has 0 aliphatic carbocycles. The van der Waals surface area contributed by atoms with Crippen LogP contribution in [0.2, 0.25) is 0 Å². The van der Waals surface area contributed by atoms with Gasteiger partial charge < -0.3 is 19.7 Å². The normalized spacial score (nSPS) is 14.6. The second-order valence-electron chi connectivity index (χ2n) is 6.90. The first kappa shape index (κ1) is 20.5. The first-order chi connectivity index (χ1) is 14.1. The summed E-state index contributed by atoms with van der Waals surface area (Å²) in [6.45, 7) is 1.13. The average Bonchev–Trinajstić information content (AvgIpc) is 2.78. The van der Waals surface area contributed by atoms with Crippen LogP contribution in [0.25, 0.3) is 6.08 Å². The zero-order valence-corrected chi connectivity index (χ0v) is 16.8. The molecule has 1 aliphatic rings. The monoisotopic (exact) mass is 394 g/mol. The second-order valence-corrected chi connectivity index (χ2v) is 6.90. The van der Waals surface area contributed by atoms with Crippen molar-refractivity contribution in [3.8, 4) is 11.5 Å². The molecule has 0 aromatic heterocycles. The number of anilines is 1. The van der Waals surface area contributed by atoms with Crippen molar-refractivity contribution in [2.45, 2.75) is 12.8 Å². The molecule has 29 heavy (non-hydrogen) atoms. The molecule has 152 valence electrons. The quantitative estimate of drug-likeness (QED) is 0.761. The van der Waals surface area contributed by atoms with Gasteiger partial charge in [-0.2, -0.15) is 0 Å². The van der Waals surface area contributed by atoms with Crippen molar-refractivity contribution in [3.05, 3.63) is 60.2 Å². The van der Waals surface area contributed by atoms with Crippen molar-refractivity contribution in [1.29, 1.82) is 0 Å². The molecule has 6 heteroatoms. The Balaban J connectivity index is 1.53. The van der Waals surface area contributed by atoms with Gasteiger partial charge in [0.2, 0.25) is 11.8 Å². The molecule has 1 N–H and O–H groups in total. The fraction of sp³-hybridized carbons (Fsp3) is 0.304. The lowest BCUT2D eigenvalue weighted by atomic mass is 9.95. The molecule has 6 nitrogen and oxygen atoms in total. The molecule has 1 saturated heterocycles. The van der Waals surface area contributed by atoms with E-state index in [1.165, 1.54) is 0 Å². The summed E-state index contributed by atoms with van der Waals surface area (Å²) >= 11 is 0. The minimum absolute atomic E-state index is 0.0156. The first-order valence-electron chi connectivity index (χ1n) is 9.65. The molecular formula is C23H26N2O4. The zero-order valence-electron chi connectivity index (χ0n) is 16.8. The summed E-state index contributed by atoms with van der Waals surface area (Å²) in [6.07, 6.45) is 4.61. The molecule has 0 unspecified atom stereocenters. The minimum atomic E-state index is -0.0788. The van der Waals surface area contributed by atoms with Crippen LogP contribution in [0.3, 0.4) is 0 Å². The highest BCUT2D eigenvalue weighted by Gasteiger charge is 2.26. The highest BCUT2D eigenvalue weighted by atomic mass is 16.5. The van der Waals surface area contributed by atoms with Gasteiger partial charge >= 0.3 is 0 Å². The van der Waals surface area contributed by atoms with Crippen LogP contribution in [0.1, 0.15) is 18.4 Å². The summed E-state index contributed by atoms with van der Waals surface area (Å²) in [5.41, 5.74) is 1.60. The number of hydrogen-bond donors (Lipinski definition) is 1. The van der Waals surface area contributed by atoms with Gasteiger partial charge in [-0.1, -0.05) is 18.2 Å². The third-order valence-electron chi connectivity index (χ3n) is 5.06. The van der Waals surface area contributed by atoms with E-state index in [-0.39, 0.29) is 17.7 Å². The highest BCUT2D eigenvalue weighted by molar-refractivity contribution is 5.94. The number of rotatable bonds is 6. The first-order valence-corrected chi connectivity index (χ1v) is 9.65. The van der Waals surface area contributed by atoms with E-state index < -0.39 is 0 Å². The Morgan fingerprint density at radius 2 is 1.76 bits per heavy atom. The number of hydrogen-bond acceptors (Lipinski definition) is 4. The maximum atomic E-state index is 12.5. The van der Waals surface area contributed by atoms with Crippen LogP contribution < -0.4 is 14.8 Å². The lowest BCUT2D eigenvalue weighted by Crippen LogP contribution is -2.40. The molecule has 0 radical (unpaired) electrons. The number of benzene rings is 2. The third-order valence-corrected chi connectivity index (χ3v) is 5.06. The molecular weight excluding hydrogens is 368 g/mol. The topological polar surface area (TPSA) is 67.9 Å². The van der Waals surface area contributed by atoms with Crippen molar-refractivity contribution in [3.63, 3.8) is 0 Å². The molecule has 3 rings (SSSR count). The lowest BCUT2D eigenvalue weighted by molar-refractivity contribution is -0.130. The Bertz CT molecular complexity index is 872. The van der Waals surface area contributed by atoms with Crippen LogP contribution in [-0.2, 0) is 9.59 Å². The number of methoxy groups -OCH3 is 2. The standard InChI is InChI=1S/C23H26N2O4/c1-28-20-10-8-17(21(16-20)29-2)9-11-22(26)25-14-12-18(13-15-25)23(27)24-19-6-4-3-5-7-19/h3-11,16,18H,12-15H2,1-2H3,(H,24,27)/b11-9+. The summed E-state index contributed by atoms with van der Waals surface area (Å²) in [7, 11) is 3.18. The van der Waals surface area contributed by atoms with Crippen molar-refractivity contribution >= 4 is 23.6 Å². The van der Waals surface area contributed by atoms with Crippen molar-refractivity contribution < 1.29 is 19.1 Å². The van der Waals surface area contributed by atoms with E-state index in [9.17, 15) is 9.59 Å². The van der Waals surface area contributed by atoms with Gasteiger partial charge in [-0.15, -0.1) is 0 Å². The number of likely N-dealkylation sites (tertiary alicyclic amines) is 1. The summed E-state index contributed by atoms with van der Waals surface area (Å²) in [6, 6.07) is 14.9. The van der Waals surface area contributed by atoms with Gasteiger partial charge in [0.15, 0.2) is 0 Å². The van der Waals surface area contributed by atoms with Crippen LogP contribution in [0.4, 0.5) is 5.69 Å². The molecule has 1 heterocycles. The molecule has 0 bridgehead atoms. The molecule has 0 spiro atoms. The molecule has 1 aliphatic heterocycles. The number of amides is 2. The van der Waals surface area contributed by atoms with Gasteiger partial charge in [0.25, 0.3) is 0 Å². The fourth-order valence-electron chi connectivity index (χ4n) is 3.35. The van der Waals surface area contributed by atoms with E-state index in [1.54, 1.807) is 37.3 Å². The number of para-hydroxylation sites is 1.